The number of esters is 2. The number of hydrogen-bond donors (Lipinski definition) is 3. The maximum atomic E-state index is 13.5. The van der Waals surface area contributed by atoms with Crippen LogP contribution in [-0.4, -0.2) is 51.2 Å². The molecule has 0 rings (SSSR count). The normalized spacial score (nSPS) is 13.6. The van der Waals surface area contributed by atoms with E-state index in [2.05, 4.69) is 32.9 Å². The minimum absolute atomic E-state index is 0.0168. The van der Waals surface area contributed by atoms with Gasteiger partial charge in [-0.15, -0.1) is 0 Å². The van der Waals surface area contributed by atoms with E-state index in [1.54, 1.807) is 0 Å². The largest absolute Gasteiger partial charge is 0.432 e. The van der Waals surface area contributed by atoms with Crippen LogP contribution in [0.4, 0.5) is 0 Å². The second kappa shape index (κ2) is 48.7. The van der Waals surface area contributed by atoms with E-state index < -0.39 is 35.9 Å². The first-order valence-corrected chi connectivity index (χ1v) is 28.4. The Bertz CT molecular complexity index is 1020. The van der Waals surface area contributed by atoms with Gasteiger partial charge in [0.1, 0.15) is 0 Å². The fraction of sp³-hybridized carbons (Fsp3) is 0.912. The van der Waals surface area contributed by atoms with Crippen molar-refractivity contribution < 1.29 is 39.2 Å². The number of allylic oxidation sites excluding steroid dienone is 2. The minimum Gasteiger partial charge on any atom is -0.432 e. The quantitative estimate of drug-likeness (QED) is 0.0238. The molecule has 0 aromatic carbocycles. The fourth-order valence-electron chi connectivity index (χ4n) is 8.78. The predicted molar refractivity (Wildman–Crippen MR) is 273 cm³/mol. The molecule has 0 aliphatic carbocycles. The number of carbonyl (C=O) groups is 3. The Morgan fingerprint density at radius 2 is 0.569 bits per heavy atom. The van der Waals surface area contributed by atoms with Crippen molar-refractivity contribution in [1.29, 1.82) is 0 Å². The van der Waals surface area contributed by atoms with Crippen molar-refractivity contribution in [2.24, 2.45) is 0 Å². The van der Waals surface area contributed by atoms with Crippen LogP contribution in [0.1, 0.15) is 316 Å². The summed E-state index contributed by atoms with van der Waals surface area (Å²) in [5.41, 5.74) is -2.98. The van der Waals surface area contributed by atoms with Crippen LogP contribution in [0.25, 0.3) is 0 Å². The predicted octanol–water partition coefficient (Wildman–Crippen LogP) is 16.6. The monoisotopic (exact) mass is 921 g/mol. The molecule has 0 spiro atoms. The van der Waals surface area contributed by atoms with Gasteiger partial charge in [0.15, 0.2) is 5.78 Å². The van der Waals surface area contributed by atoms with Crippen LogP contribution in [-0.2, 0) is 23.9 Å². The van der Waals surface area contributed by atoms with Gasteiger partial charge in [-0.25, -0.2) is 0 Å². The van der Waals surface area contributed by atoms with Gasteiger partial charge in [0.05, 0.1) is 0 Å². The van der Waals surface area contributed by atoms with Gasteiger partial charge in [-0.05, 0) is 44.9 Å². The highest BCUT2D eigenvalue weighted by Gasteiger charge is 2.53. The van der Waals surface area contributed by atoms with E-state index in [9.17, 15) is 29.7 Å². The number of rotatable bonds is 52. The van der Waals surface area contributed by atoms with Crippen molar-refractivity contribution >= 4 is 17.7 Å². The van der Waals surface area contributed by atoms with Crippen molar-refractivity contribution in [3.05, 3.63) is 12.2 Å². The fourth-order valence-corrected chi connectivity index (χ4v) is 8.78. The second-order valence-electron chi connectivity index (χ2n) is 19.7. The first kappa shape index (κ1) is 63.2. The highest BCUT2D eigenvalue weighted by atomic mass is 16.7. The van der Waals surface area contributed by atoms with Crippen molar-refractivity contribution in [3.8, 4) is 0 Å². The average molecular weight is 921 g/mol. The lowest BCUT2D eigenvalue weighted by atomic mass is 9.92. The molecule has 3 N–H and O–H groups in total. The summed E-state index contributed by atoms with van der Waals surface area (Å²) in [5, 5.41) is 33.5. The molecule has 0 aliphatic heterocycles. The van der Waals surface area contributed by atoms with Crippen molar-refractivity contribution in [3.63, 3.8) is 0 Å². The van der Waals surface area contributed by atoms with Gasteiger partial charge in [-0.1, -0.05) is 264 Å². The van der Waals surface area contributed by atoms with E-state index in [1.165, 1.54) is 180 Å². The van der Waals surface area contributed by atoms with E-state index >= 15 is 0 Å². The number of carbonyl (C=O) groups excluding carboxylic acids is 3. The lowest BCUT2D eigenvalue weighted by Crippen LogP contribution is -2.60. The summed E-state index contributed by atoms with van der Waals surface area (Å²) in [7, 11) is 0. The summed E-state index contributed by atoms with van der Waals surface area (Å²) in [6.45, 7) is 6.75. The third-order valence-corrected chi connectivity index (χ3v) is 13.3. The molecule has 0 aliphatic rings. The summed E-state index contributed by atoms with van der Waals surface area (Å²) in [6.07, 6.45) is 49.7. The molecule has 0 radical (unpaired) electrons. The molecular formula is C57H108O8. The molecule has 384 valence electrons. The van der Waals surface area contributed by atoms with E-state index in [1.807, 2.05) is 0 Å². The molecule has 0 saturated carbocycles. The summed E-state index contributed by atoms with van der Waals surface area (Å²) in [5.74, 6) is -2.44. The van der Waals surface area contributed by atoms with Crippen molar-refractivity contribution in [2.45, 2.75) is 334 Å². The first-order valence-electron chi connectivity index (χ1n) is 28.4. The summed E-state index contributed by atoms with van der Waals surface area (Å²) in [4.78, 5) is 39.1. The highest BCUT2D eigenvalue weighted by Crippen LogP contribution is 2.25. The van der Waals surface area contributed by atoms with Gasteiger partial charge >= 0.3 is 11.9 Å². The maximum Gasteiger partial charge on any atom is 0.308 e. The third kappa shape index (κ3) is 39.9. The lowest BCUT2D eigenvalue weighted by molar-refractivity contribution is -0.274. The van der Waals surface area contributed by atoms with Gasteiger partial charge in [0, 0.05) is 19.3 Å². The standard InChI is InChI=1S/C57H108O8/c1-4-7-10-13-16-19-22-25-28-31-34-37-40-43-46-49-52(58)57(63,55(61)64-53(59)50-47-44-41-38-35-32-29-26-23-20-17-14-11-8-5-2)56(62)65-54(60)51-48-45-42-39-36-33-30-27-24-21-18-15-12-9-6-3/h25,28,55-56,61-63H,4-24,26-27,29-51H2,1-3H3. The van der Waals surface area contributed by atoms with Crippen LogP contribution < -0.4 is 0 Å². The van der Waals surface area contributed by atoms with Gasteiger partial charge in [0.25, 0.3) is 0 Å². The number of hydrogen-bond acceptors (Lipinski definition) is 8. The number of ketones is 1. The zero-order valence-electron chi connectivity index (χ0n) is 43.2. The van der Waals surface area contributed by atoms with Crippen LogP contribution in [0.2, 0.25) is 0 Å². The Hall–Kier alpha value is -1.77. The number of unbranched alkanes of at least 4 members (excludes halogenated alkanes) is 39. The highest BCUT2D eigenvalue weighted by molar-refractivity contribution is 5.88. The summed E-state index contributed by atoms with van der Waals surface area (Å²) >= 11 is 0. The minimum atomic E-state index is -2.98. The molecule has 0 aromatic heterocycles. The number of Topliss-reactive ketones (excluding diaryl/α,β-unsaturated/α-hetero) is 1. The zero-order chi connectivity index (χ0) is 47.7. The van der Waals surface area contributed by atoms with E-state index in [0.29, 0.717) is 19.3 Å². The Morgan fingerprint density at radius 1 is 0.354 bits per heavy atom. The van der Waals surface area contributed by atoms with Crippen LogP contribution in [0.15, 0.2) is 12.2 Å². The van der Waals surface area contributed by atoms with Crippen LogP contribution in [0, 0.1) is 0 Å². The molecule has 0 bridgehead atoms. The topological polar surface area (TPSA) is 130 Å². The number of ether oxygens (including phenoxy) is 2. The Balaban J connectivity index is 4.72. The Labute approximate surface area is 402 Å². The molecule has 0 heterocycles. The Kier molecular flexibility index (Phi) is 47.4. The SMILES string of the molecule is CCCCCCCCC=CCCCCCCCC(=O)C(O)(C(O)OC(=O)CCCCCCCCCCCCCCCCC)C(O)OC(=O)CCCCCCCCCCCCCCCCC. The van der Waals surface area contributed by atoms with E-state index in [0.717, 1.165) is 77.0 Å². The molecule has 0 amide bonds. The molecule has 2 atom stereocenters. The molecule has 0 aromatic rings. The molecule has 8 heteroatoms. The summed E-state index contributed by atoms with van der Waals surface area (Å²) < 4.78 is 10.3. The van der Waals surface area contributed by atoms with Crippen LogP contribution >= 0.6 is 0 Å². The van der Waals surface area contributed by atoms with Crippen LogP contribution in [0.5, 0.6) is 0 Å². The van der Waals surface area contributed by atoms with Gasteiger partial charge in [0.2, 0.25) is 18.2 Å². The smallest absolute Gasteiger partial charge is 0.308 e. The number of aliphatic hydroxyl groups is 3. The van der Waals surface area contributed by atoms with Crippen molar-refractivity contribution in [1.82, 2.24) is 0 Å². The van der Waals surface area contributed by atoms with Gasteiger partial charge in [-0.2, -0.15) is 0 Å². The van der Waals surface area contributed by atoms with Crippen LogP contribution in [0.3, 0.4) is 0 Å². The molecule has 0 fully saturated rings. The first-order chi connectivity index (χ1) is 31.7. The van der Waals surface area contributed by atoms with E-state index in [-0.39, 0.29) is 19.3 Å². The average Bonchev–Trinajstić information content (AvgIpc) is 3.29. The molecule has 2 unspecified atom stereocenters. The van der Waals surface area contributed by atoms with Gasteiger partial charge < -0.3 is 24.8 Å². The second-order valence-corrected chi connectivity index (χ2v) is 19.7. The Morgan fingerprint density at radius 3 is 0.831 bits per heavy atom. The molecular weight excluding hydrogens is 813 g/mol. The molecule has 0 saturated heterocycles. The maximum absolute atomic E-state index is 13.5. The van der Waals surface area contributed by atoms with Gasteiger partial charge in [-0.3, -0.25) is 14.4 Å². The molecule has 65 heavy (non-hydrogen) atoms. The van der Waals surface area contributed by atoms with Crippen molar-refractivity contribution in [2.75, 3.05) is 0 Å². The zero-order valence-corrected chi connectivity index (χ0v) is 43.2. The third-order valence-electron chi connectivity index (χ3n) is 13.3. The van der Waals surface area contributed by atoms with E-state index in [4.69, 9.17) is 9.47 Å². The number of aliphatic hydroxyl groups excluding tert-OH is 2. The lowest BCUT2D eigenvalue weighted by Gasteiger charge is -2.34. The molecule has 8 nitrogen and oxygen atoms in total. The summed E-state index contributed by atoms with van der Waals surface area (Å²) in [6, 6.07) is 0.